The average molecular weight is 391 g/mol. The van der Waals surface area contributed by atoms with Crippen molar-refractivity contribution < 1.29 is 4.74 Å². The maximum atomic E-state index is 13.2. The van der Waals surface area contributed by atoms with E-state index in [-0.39, 0.29) is 11.7 Å². The van der Waals surface area contributed by atoms with Gasteiger partial charge < -0.3 is 4.74 Å². The van der Waals surface area contributed by atoms with Crippen molar-refractivity contribution in [3.63, 3.8) is 0 Å². The highest BCUT2D eigenvalue weighted by Gasteiger charge is 2.20. The number of hydrogen-bond acceptors (Lipinski definition) is 6. The van der Waals surface area contributed by atoms with Crippen LogP contribution >= 0.6 is 34.4 Å². The van der Waals surface area contributed by atoms with Gasteiger partial charge in [-0.3, -0.25) is 9.36 Å². The maximum Gasteiger partial charge on any atom is 0.263 e. The lowest BCUT2D eigenvalue weighted by Gasteiger charge is -2.12. The van der Waals surface area contributed by atoms with Crippen LogP contribution in [0, 0.1) is 0 Å². The molecule has 0 aromatic carbocycles. The minimum atomic E-state index is 0.0180. The van der Waals surface area contributed by atoms with Crippen molar-refractivity contribution in [3.05, 3.63) is 45.9 Å². The summed E-state index contributed by atoms with van der Waals surface area (Å²) in [6.07, 6.45) is 4.22. The second kappa shape index (κ2) is 7.45. The van der Waals surface area contributed by atoms with E-state index in [1.165, 1.54) is 11.3 Å². The quantitative estimate of drug-likeness (QED) is 0.349. The van der Waals surface area contributed by atoms with Gasteiger partial charge in [0.1, 0.15) is 4.83 Å². The van der Waals surface area contributed by atoms with Crippen molar-refractivity contribution in [2.24, 2.45) is 0 Å². The summed E-state index contributed by atoms with van der Waals surface area (Å²) < 4.78 is 7.43. The number of aromatic nitrogens is 2. The Balaban J connectivity index is 1.76. The minimum Gasteiger partial charge on any atom is -0.377 e. The first kappa shape index (κ1) is 17.0. The van der Waals surface area contributed by atoms with Crippen LogP contribution in [0.15, 0.2) is 45.5 Å². The number of thioether (sulfide) groups is 1. The first-order valence-electron chi connectivity index (χ1n) is 8.19. The van der Waals surface area contributed by atoms with Crippen LogP contribution in [0.1, 0.15) is 12.8 Å². The van der Waals surface area contributed by atoms with Crippen molar-refractivity contribution in [3.8, 4) is 10.4 Å². The first-order valence-corrected chi connectivity index (χ1v) is 10.9. The maximum absolute atomic E-state index is 13.2. The lowest BCUT2D eigenvalue weighted by Crippen LogP contribution is -2.23. The molecule has 0 N–H and O–H groups in total. The molecular weight excluding hydrogens is 372 g/mol. The van der Waals surface area contributed by atoms with E-state index in [1.807, 2.05) is 22.9 Å². The molecule has 0 bridgehead atoms. The molecule has 3 aromatic heterocycles. The molecule has 4 nitrogen and oxygen atoms in total. The molecule has 4 rings (SSSR count). The SMILES string of the molecule is C=CCn1c(SC[C@@H]2CCCO2)nc2scc(-c3cccs3)c2c1=O. The van der Waals surface area contributed by atoms with Crippen molar-refractivity contribution in [2.75, 3.05) is 12.4 Å². The summed E-state index contributed by atoms with van der Waals surface area (Å²) >= 11 is 4.79. The van der Waals surface area contributed by atoms with Crippen LogP contribution in [-0.2, 0) is 11.3 Å². The van der Waals surface area contributed by atoms with Gasteiger partial charge in [0.2, 0.25) is 0 Å². The predicted molar refractivity (Wildman–Crippen MR) is 107 cm³/mol. The molecule has 4 heterocycles. The number of fused-ring (bicyclic) bond motifs is 1. The van der Waals surface area contributed by atoms with Gasteiger partial charge >= 0.3 is 0 Å². The van der Waals surface area contributed by atoms with Gasteiger partial charge in [-0.15, -0.1) is 29.3 Å². The number of nitrogens with zero attached hydrogens (tertiary/aromatic N) is 2. The second-order valence-corrected chi connectivity index (χ2v) is 8.64. The molecule has 3 aromatic rings. The minimum absolute atomic E-state index is 0.0180. The van der Waals surface area contributed by atoms with Crippen molar-refractivity contribution >= 4 is 44.7 Å². The Bertz CT molecular complexity index is 937. The number of ether oxygens (including phenoxy) is 1. The Labute approximate surface area is 158 Å². The summed E-state index contributed by atoms with van der Waals surface area (Å²) in [7, 11) is 0. The van der Waals surface area contributed by atoms with Crippen molar-refractivity contribution in [2.45, 2.75) is 30.6 Å². The Hall–Kier alpha value is -1.41. The Morgan fingerprint density at radius 2 is 2.40 bits per heavy atom. The lowest BCUT2D eigenvalue weighted by atomic mass is 10.2. The van der Waals surface area contributed by atoms with Gasteiger partial charge in [0.05, 0.1) is 11.5 Å². The highest BCUT2D eigenvalue weighted by molar-refractivity contribution is 7.99. The molecule has 130 valence electrons. The van der Waals surface area contributed by atoms with Gasteiger partial charge in [0, 0.05) is 34.7 Å². The fraction of sp³-hybridized carbons (Fsp3) is 0.333. The highest BCUT2D eigenvalue weighted by Crippen LogP contribution is 2.34. The van der Waals surface area contributed by atoms with Crippen LogP contribution in [0.2, 0.25) is 0 Å². The molecule has 0 radical (unpaired) electrons. The van der Waals surface area contributed by atoms with Crippen molar-refractivity contribution in [1.29, 1.82) is 0 Å². The predicted octanol–water partition coefficient (Wildman–Crippen LogP) is 4.64. The Morgan fingerprint density at radius 1 is 1.48 bits per heavy atom. The van der Waals surface area contributed by atoms with E-state index in [0.717, 1.165) is 51.0 Å². The molecular formula is C18H18N2O2S3. The first-order chi connectivity index (χ1) is 12.3. The molecule has 0 aliphatic carbocycles. The molecule has 1 atom stereocenters. The summed E-state index contributed by atoms with van der Waals surface area (Å²) in [6.45, 7) is 5.11. The zero-order chi connectivity index (χ0) is 17.2. The molecule has 1 aliphatic rings. The van der Waals surface area contributed by atoms with E-state index in [0.29, 0.717) is 6.54 Å². The summed E-state index contributed by atoms with van der Waals surface area (Å²) in [4.78, 5) is 19.9. The van der Waals surface area contributed by atoms with Crippen LogP contribution in [0.25, 0.3) is 20.7 Å². The third kappa shape index (κ3) is 3.33. The fourth-order valence-electron chi connectivity index (χ4n) is 2.96. The highest BCUT2D eigenvalue weighted by atomic mass is 32.2. The largest absolute Gasteiger partial charge is 0.377 e. The molecule has 1 fully saturated rings. The molecule has 0 saturated carbocycles. The van der Waals surface area contributed by atoms with Gasteiger partial charge in [0.25, 0.3) is 5.56 Å². The van der Waals surface area contributed by atoms with Crippen LogP contribution in [0.5, 0.6) is 0 Å². The van der Waals surface area contributed by atoms with E-state index in [2.05, 4.69) is 6.58 Å². The topological polar surface area (TPSA) is 44.1 Å². The molecule has 0 spiro atoms. The third-order valence-corrected chi connectivity index (χ3v) is 7.06. The summed E-state index contributed by atoms with van der Waals surface area (Å²) in [6, 6.07) is 4.05. The van der Waals surface area contributed by atoms with E-state index in [4.69, 9.17) is 9.72 Å². The smallest absolute Gasteiger partial charge is 0.263 e. The third-order valence-electron chi connectivity index (χ3n) is 4.18. The average Bonchev–Trinajstić information content (AvgIpc) is 3.36. The van der Waals surface area contributed by atoms with E-state index >= 15 is 0 Å². The van der Waals surface area contributed by atoms with Crippen LogP contribution < -0.4 is 5.56 Å². The monoisotopic (exact) mass is 390 g/mol. The lowest BCUT2D eigenvalue weighted by molar-refractivity contribution is 0.129. The van der Waals surface area contributed by atoms with Crippen LogP contribution in [0.3, 0.4) is 0 Å². The van der Waals surface area contributed by atoms with Crippen LogP contribution in [-0.4, -0.2) is 28.0 Å². The second-order valence-electron chi connectivity index (χ2n) is 5.85. The fourth-order valence-corrected chi connectivity index (χ4v) is 5.84. The van der Waals surface area contributed by atoms with Crippen molar-refractivity contribution in [1.82, 2.24) is 9.55 Å². The Morgan fingerprint density at radius 3 is 3.12 bits per heavy atom. The molecule has 0 amide bonds. The summed E-state index contributed by atoms with van der Waals surface area (Å²) in [5.41, 5.74) is 1.00. The number of rotatable bonds is 6. The van der Waals surface area contributed by atoms with Gasteiger partial charge in [-0.2, -0.15) is 0 Å². The molecule has 25 heavy (non-hydrogen) atoms. The Kier molecular flexibility index (Phi) is 5.08. The summed E-state index contributed by atoms with van der Waals surface area (Å²) in [5, 5.41) is 5.54. The van der Waals surface area contributed by atoms with Gasteiger partial charge in [-0.05, 0) is 24.3 Å². The normalized spacial score (nSPS) is 17.4. The van der Waals surface area contributed by atoms with E-state index in [9.17, 15) is 4.79 Å². The van der Waals surface area contributed by atoms with E-state index in [1.54, 1.807) is 33.7 Å². The molecule has 1 saturated heterocycles. The van der Waals surface area contributed by atoms with E-state index < -0.39 is 0 Å². The van der Waals surface area contributed by atoms with Gasteiger partial charge in [0.15, 0.2) is 5.16 Å². The molecule has 1 aliphatic heterocycles. The number of allylic oxidation sites excluding steroid dienone is 1. The van der Waals surface area contributed by atoms with Crippen LogP contribution in [0.4, 0.5) is 0 Å². The molecule has 0 unspecified atom stereocenters. The number of hydrogen-bond donors (Lipinski definition) is 0. The van der Waals surface area contributed by atoms with Gasteiger partial charge in [-0.25, -0.2) is 4.98 Å². The standard InChI is InChI=1S/C18H18N2O2S3/c1-2-7-20-17(21)15-13(14-6-4-9-23-14)11-24-16(15)19-18(20)25-10-12-5-3-8-22-12/h2,4,6,9,11-12H,1,3,5,7-8,10H2/t12-/m0/s1. The zero-order valence-electron chi connectivity index (χ0n) is 13.6. The zero-order valence-corrected chi connectivity index (χ0v) is 16.1. The summed E-state index contributed by atoms with van der Waals surface area (Å²) in [5.74, 6) is 0.832. The molecule has 7 heteroatoms. The van der Waals surface area contributed by atoms with Gasteiger partial charge in [-0.1, -0.05) is 23.9 Å². The number of thiophene rings is 2.